The van der Waals surface area contributed by atoms with Crippen LogP contribution >= 0.6 is 0 Å². The highest BCUT2D eigenvalue weighted by Gasteiger charge is 2.70. The van der Waals surface area contributed by atoms with Crippen LogP contribution in [0, 0.1) is 0 Å². The number of epoxide rings is 1. The van der Waals surface area contributed by atoms with E-state index >= 15 is 0 Å². The van der Waals surface area contributed by atoms with Gasteiger partial charge in [-0.25, -0.2) is 0 Å². The number of rotatable bonds is 1. The van der Waals surface area contributed by atoms with E-state index in [1.54, 1.807) is 0 Å². The van der Waals surface area contributed by atoms with Crippen molar-refractivity contribution in [3.63, 3.8) is 0 Å². The van der Waals surface area contributed by atoms with Gasteiger partial charge in [-0.1, -0.05) is 25.7 Å². The first-order valence-electron chi connectivity index (χ1n) is 5.84. The molecule has 0 spiro atoms. The largest absolute Gasteiger partial charge is 0.387 e. The Kier molecular flexibility index (Phi) is 2.20. The summed E-state index contributed by atoms with van der Waals surface area (Å²) in [6.07, 6.45) is 6.63. The van der Waals surface area contributed by atoms with Gasteiger partial charge in [-0.2, -0.15) is 0 Å². The van der Waals surface area contributed by atoms with Crippen molar-refractivity contribution in [3.8, 4) is 0 Å². The van der Waals surface area contributed by atoms with Gasteiger partial charge in [0.25, 0.3) is 0 Å². The standard InChI is InChI=1S/C12H22O2/c1-10(2)11(3,14-10)12(13)8-6-4-5-7-9-12/h13H,4-9H2,1-3H3/t11-/m0/s1. The van der Waals surface area contributed by atoms with Crippen LogP contribution in [0.3, 0.4) is 0 Å². The molecule has 1 saturated carbocycles. The third-order valence-corrected chi connectivity index (χ3v) is 4.39. The Morgan fingerprint density at radius 3 is 1.71 bits per heavy atom. The van der Waals surface area contributed by atoms with Gasteiger partial charge in [-0.15, -0.1) is 0 Å². The zero-order valence-electron chi connectivity index (χ0n) is 9.60. The minimum absolute atomic E-state index is 0.133. The lowest BCUT2D eigenvalue weighted by Crippen LogP contribution is -2.46. The number of aliphatic hydroxyl groups is 1. The molecule has 1 N–H and O–H groups in total. The Balaban J connectivity index is 2.15. The minimum Gasteiger partial charge on any atom is -0.387 e. The molecule has 0 radical (unpaired) electrons. The van der Waals surface area contributed by atoms with Crippen LogP contribution in [0.4, 0.5) is 0 Å². The summed E-state index contributed by atoms with van der Waals surface area (Å²) in [5.74, 6) is 0. The summed E-state index contributed by atoms with van der Waals surface area (Å²) in [4.78, 5) is 0. The molecule has 0 aromatic heterocycles. The zero-order chi connectivity index (χ0) is 10.4. The molecule has 2 nitrogen and oxygen atoms in total. The second-order valence-corrected chi connectivity index (χ2v) is 5.59. The average molecular weight is 198 g/mol. The molecular formula is C12H22O2. The molecule has 0 bridgehead atoms. The van der Waals surface area contributed by atoms with Crippen molar-refractivity contribution in [1.82, 2.24) is 0 Å². The summed E-state index contributed by atoms with van der Waals surface area (Å²) in [5.41, 5.74) is -1.01. The van der Waals surface area contributed by atoms with Crippen LogP contribution in [0.5, 0.6) is 0 Å². The average Bonchev–Trinajstić information content (AvgIpc) is 2.68. The smallest absolute Gasteiger partial charge is 0.123 e. The first kappa shape index (κ1) is 10.4. The number of hydrogen-bond donors (Lipinski definition) is 1. The van der Waals surface area contributed by atoms with Crippen molar-refractivity contribution in [1.29, 1.82) is 0 Å². The molecular weight excluding hydrogens is 176 g/mol. The van der Waals surface area contributed by atoms with Gasteiger partial charge in [0, 0.05) is 0 Å². The predicted molar refractivity (Wildman–Crippen MR) is 56.2 cm³/mol. The Labute approximate surface area is 86.6 Å². The van der Waals surface area contributed by atoms with Crippen LogP contribution < -0.4 is 0 Å². The fourth-order valence-electron chi connectivity index (χ4n) is 2.93. The molecule has 2 aliphatic rings. The first-order chi connectivity index (χ1) is 6.41. The van der Waals surface area contributed by atoms with E-state index in [9.17, 15) is 5.11 Å². The molecule has 2 rings (SSSR count). The van der Waals surface area contributed by atoms with Crippen molar-refractivity contribution in [2.75, 3.05) is 0 Å². The molecule has 2 heteroatoms. The Bertz CT molecular complexity index is 226. The van der Waals surface area contributed by atoms with Gasteiger partial charge in [-0.3, -0.25) is 0 Å². The third kappa shape index (κ3) is 1.31. The Morgan fingerprint density at radius 1 is 0.929 bits per heavy atom. The highest BCUT2D eigenvalue weighted by atomic mass is 16.6. The van der Waals surface area contributed by atoms with E-state index in [4.69, 9.17) is 4.74 Å². The zero-order valence-corrected chi connectivity index (χ0v) is 9.60. The molecule has 1 saturated heterocycles. The van der Waals surface area contributed by atoms with Crippen molar-refractivity contribution >= 4 is 0 Å². The maximum absolute atomic E-state index is 10.7. The Morgan fingerprint density at radius 2 is 1.36 bits per heavy atom. The molecule has 1 aliphatic heterocycles. The van der Waals surface area contributed by atoms with Gasteiger partial charge in [0.2, 0.25) is 0 Å². The fourth-order valence-corrected chi connectivity index (χ4v) is 2.93. The number of hydrogen-bond acceptors (Lipinski definition) is 2. The van der Waals surface area contributed by atoms with E-state index in [1.807, 2.05) is 0 Å². The first-order valence-corrected chi connectivity index (χ1v) is 5.84. The van der Waals surface area contributed by atoms with Gasteiger partial charge in [0.1, 0.15) is 5.60 Å². The summed E-state index contributed by atoms with van der Waals surface area (Å²) in [6.45, 7) is 6.23. The molecule has 1 atom stereocenters. The lowest BCUT2D eigenvalue weighted by Gasteiger charge is -2.32. The maximum atomic E-state index is 10.7. The lowest BCUT2D eigenvalue weighted by atomic mass is 9.76. The predicted octanol–water partition coefficient (Wildman–Crippen LogP) is 2.64. The molecule has 1 aliphatic carbocycles. The van der Waals surface area contributed by atoms with Gasteiger partial charge >= 0.3 is 0 Å². The highest BCUT2D eigenvalue weighted by molar-refractivity contribution is 5.18. The molecule has 0 aromatic carbocycles. The molecule has 2 fully saturated rings. The van der Waals surface area contributed by atoms with E-state index < -0.39 is 5.60 Å². The summed E-state index contributed by atoms with van der Waals surface area (Å²) in [6, 6.07) is 0. The molecule has 0 amide bonds. The fraction of sp³-hybridized carbons (Fsp3) is 1.00. The van der Waals surface area contributed by atoms with Crippen LogP contribution in [0.15, 0.2) is 0 Å². The van der Waals surface area contributed by atoms with E-state index in [-0.39, 0.29) is 11.2 Å². The van der Waals surface area contributed by atoms with Crippen molar-refractivity contribution in [3.05, 3.63) is 0 Å². The van der Waals surface area contributed by atoms with Crippen LogP contribution in [0.25, 0.3) is 0 Å². The monoisotopic (exact) mass is 198 g/mol. The number of ether oxygens (including phenoxy) is 1. The van der Waals surface area contributed by atoms with E-state index in [2.05, 4.69) is 20.8 Å². The third-order valence-electron chi connectivity index (χ3n) is 4.39. The van der Waals surface area contributed by atoms with E-state index in [0.717, 1.165) is 25.7 Å². The summed E-state index contributed by atoms with van der Waals surface area (Å²) in [5, 5.41) is 10.7. The quantitative estimate of drug-likeness (QED) is 0.519. The summed E-state index contributed by atoms with van der Waals surface area (Å²) < 4.78 is 5.74. The van der Waals surface area contributed by atoms with E-state index in [1.165, 1.54) is 12.8 Å². The molecule has 82 valence electrons. The molecule has 0 aromatic rings. The lowest BCUT2D eigenvalue weighted by molar-refractivity contribution is -0.0432. The second kappa shape index (κ2) is 2.96. The van der Waals surface area contributed by atoms with Gasteiger partial charge in [-0.05, 0) is 33.6 Å². The van der Waals surface area contributed by atoms with E-state index in [0.29, 0.717) is 0 Å². The SMILES string of the molecule is CC1(C)O[C@]1(C)C1(O)CCCCCC1. The maximum Gasteiger partial charge on any atom is 0.123 e. The van der Waals surface area contributed by atoms with Gasteiger partial charge in [0.15, 0.2) is 0 Å². The minimum atomic E-state index is -0.576. The molecule has 14 heavy (non-hydrogen) atoms. The second-order valence-electron chi connectivity index (χ2n) is 5.59. The normalized spacial score (nSPS) is 40.3. The van der Waals surface area contributed by atoms with Gasteiger partial charge < -0.3 is 9.84 Å². The van der Waals surface area contributed by atoms with Crippen molar-refractivity contribution < 1.29 is 9.84 Å². The van der Waals surface area contributed by atoms with Gasteiger partial charge in [0.05, 0.1) is 11.2 Å². The van der Waals surface area contributed by atoms with Crippen LogP contribution in [-0.2, 0) is 4.74 Å². The topological polar surface area (TPSA) is 32.8 Å². The summed E-state index contributed by atoms with van der Waals surface area (Å²) in [7, 11) is 0. The van der Waals surface area contributed by atoms with Crippen molar-refractivity contribution in [2.45, 2.75) is 76.1 Å². The van der Waals surface area contributed by atoms with Crippen LogP contribution in [-0.4, -0.2) is 21.9 Å². The van der Waals surface area contributed by atoms with Crippen LogP contribution in [0.2, 0.25) is 0 Å². The van der Waals surface area contributed by atoms with Crippen LogP contribution in [0.1, 0.15) is 59.3 Å². The van der Waals surface area contributed by atoms with Crippen molar-refractivity contribution in [2.24, 2.45) is 0 Å². The summed E-state index contributed by atoms with van der Waals surface area (Å²) >= 11 is 0. The molecule has 0 unspecified atom stereocenters. The highest BCUT2D eigenvalue weighted by Crippen LogP contribution is 2.57. The Hall–Kier alpha value is -0.0800. The molecule has 1 heterocycles.